The molecule has 5 nitrogen and oxygen atoms in total. The molecule has 1 aliphatic heterocycles. The average molecular weight is 409 g/mol. The number of amides is 2. The maximum Gasteiger partial charge on any atom is 0.263 e. The standard InChI is InChI=1S/C25H32N2O3/c1-6-26(7-2)25(29)18(4)30-22-13-12-20-14-15-27(19(5)28)24(23(20)16-22)21-10-8-17(3)9-11-21/h8-13,16,18,24H,6-7,14-15H2,1-5H3. The number of ether oxygens (including phenoxy) is 1. The molecule has 0 radical (unpaired) electrons. The van der Waals surface area contributed by atoms with Gasteiger partial charge in [0.15, 0.2) is 6.10 Å². The summed E-state index contributed by atoms with van der Waals surface area (Å²) in [5.41, 5.74) is 4.56. The van der Waals surface area contributed by atoms with Crippen molar-refractivity contribution in [2.75, 3.05) is 19.6 Å². The lowest BCUT2D eigenvalue weighted by atomic mass is 9.87. The zero-order chi connectivity index (χ0) is 21.8. The van der Waals surface area contributed by atoms with Crippen molar-refractivity contribution in [3.05, 3.63) is 64.7 Å². The minimum atomic E-state index is -0.562. The number of carbonyl (C=O) groups excluding carboxylic acids is 2. The fourth-order valence-electron chi connectivity index (χ4n) is 4.16. The molecular formula is C25H32N2O3. The summed E-state index contributed by atoms with van der Waals surface area (Å²) in [5, 5.41) is 0. The highest BCUT2D eigenvalue weighted by Gasteiger charge is 2.31. The Bertz CT molecular complexity index is 903. The second-order valence-electron chi connectivity index (χ2n) is 7.91. The number of hydrogen-bond donors (Lipinski definition) is 0. The third-order valence-corrected chi connectivity index (χ3v) is 5.88. The Balaban J connectivity index is 1.94. The van der Waals surface area contributed by atoms with E-state index in [-0.39, 0.29) is 17.9 Å². The van der Waals surface area contributed by atoms with Gasteiger partial charge in [-0.25, -0.2) is 0 Å². The normalized spacial score (nSPS) is 16.6. The van der Waals surface area contributed by atoms with E-state index in [0.29, 0.717) is 25.4 Å². The van der Waals surface area contributed by atoms with E-state index in [0.717, 1.165) is 17.5 Å². The van der Waals surface area contributed by atoms with Crippen LogP contribution in [0.2, 0.25) is 0 Å². The second kappa shape index (κ2) is 9.33. The van der Waals surface area contributed by atoms with E-state index in [1.54, 1.807) is 18.7 Å². The summed E-state index contributed by atoms with van der Waals surface area (Å²) < 4.78 is 6.03. The van der Waals surface area contributed by atoms with Crippen LogP contribution in [0.1, 0.15) is 56.0 Å². The molecule has 0 bridgehead atoms. The molecule has 1 aliphatic rings. The minimum Gasteiger partial charge on any atom is -0.481 e. The van der Waals surface area contributed by atoms with Gasteiger partial charge >= 0.3 is 0 Å². The van der Waals surface area contributed by atoms with Gasteiger partial charge < -0.3 is 14.5 Å². The van der Waals surface area contributed by atoms with E-state index in [1.807, 2.05) is 30.9 Å². The van der Waals surface area contributed by atoms with Crippen LogP contribution < -0.4 is 4.74 Å². The average Bonchev–Trinajstić information content (AvgIpc) is 2.74. The first kappa shape index (κ1) is 21.9. The number of likely N-dealkylation sites (N-methyl/N-ethyl adjacent to an activating group) is 1. The summed E-state index contributed by atoms with van der Waals surface area (Å²) in [5.74, 6) is 0.699. The minimum absolute atomic E-state index is 0.0156. The number of fused-ring (bicyclic) bond motifs is 1. The molecule has 2 aromatic rings. The molecule has 0 N–H and O–H groups in total. The Labute approximate surface area is 179 Å². The fraction of sp³-hybridized carbons (Fsp3) is 0.440. The predicted molar refractivity (Wildman–Crippen MR) is 119 cm³/mol. The van der Waals surface area contributed by atoms with Crippen LogP contribution in [0.3, 0.4) is 0 Å². The third-order valence-electron chi connectivity index (χ3n) is 5.88. The van der Waals surface area contributed by atoms with Gasteiger partial charge in [0.25, 0.3) is 5.91 Å². The van der Waals surface area contributed by atoms with Crippen LogP contribution in [0.4, 0.5) is 0 Å². The summed E-state index contributed by atoms with van der Waals surface area (Å²) >= 11 is 0. The summed E-state index contributed by atoms with van der Waals surface area (Å²) in [4.78, 5) is 28.7. The predicted octanol–water partition coefficient (Wildman–Crippen LogP) is 4.12. The lowest BCUT2D eigenvalue weighted by Gasteiger charge is -2.37. The molecule has 0 spiro atoms. The fourth-order valence-corrected chi connectivity index (χ4v) is 4.16. The molecule has 0 saturated carbocycles. The van der Waals surface area contributed by atoms with E-state index in [9.17, 15) is 9.59 Å². The summed E-state index contributed by atoms with van der Waals surface area (Å²) in [6, 6.07) is 14.2. The SMILES string of the molecule is CCN(CC)C(=O)C(C)Oc1ccc2c(c1)C(c1ccc(C)cc1)N(C(C)=O)CC2. The van der Waals surface area contributed by atoms with Gasteiger partial charge in [-0.15, -0.1) is 0 Å². The molecule has 1 heterocycles. The Morgan fingerprint density at radius 2 is 1.80 bits per heavy atom. The molecule has 2 aromatic carbocycles. The van der Waals surface area contributed by atoms with Crippen LogP contribution in [0, 0.1) is 6.92 Å². The van der Waals surface area contributed by atoms with Gasteiger partial charge in [-0.2, -0.15) is 0 Å². The monoisotopic (exact) mass is 408 g/mol. The smallest absolute Gasteiger partial charge is 0.263 e. The molecule has 30 heavy (non-hydrogen) atoms. The molecule has 0 fully saturated rings. The maximum absolute atomic E-state index is 12.6. The first-order valence-electron chi connectivity index (χ1n) is 10.8. The van der Waals surface area contributed by atoms with Gasteiger partial charge in [-0.1, -0.05) is 35.9 Å². The van der Waals surface area contributed by atoms with E-state index in [4.69, 9.17) is 4.74 Å². The number of nitrogens with zero attached hydrogens (tertiary/aromatic N) is 2. The quantitative estimate of drug-likeness (QED) is 0.722. The third kappa shape index (κ3) is 4.50. The van der Waals surface area contributed by atoms with Crippen molar-refractivity contribution in [3.8, 4) is 5.75 Å². The molecule has 0 aromatic heterocycles. The van der Waals surface area contributed by atoms with Crippen molar-refractivity contribution >= 4 is 11.8 Å². The van der Waals surface area contributed by atoms with Gasteiger partial charge in [-0.3, -0.25) is 9.59 Å². The van der Waals surface area contributed by atoms with Crippen molar-refractivity contribution in [1.82, 2.24) is 9.80 Å². The number of hydrogen-bond acceptors (Lipinski definition) is 3. The highest BCUT2D eigenvalue weighted by atomic mass is 16.5. The van der Waals surface area contributed by atoms with Crippen LogP contribution in [-0.4, -0.2) is 47.4 Å². The molecular weight excluding hydrogens is 376 g/mol. The number of benzene rings is 2. The lowest BCUT2D eigenvalue weighted by Crippen LogP contribution is -2.40. The van der Waals surface area contributed by atoms with Gasteiger partial charge in [0.2, 0.25) is 5.91 Å². The Hall–Kier alpha value is -2.82. The topological polar surface area (TPSA) is 49.9 Å². The zero-order valence-corrected chi connectivity index (χ0v) is 18.6. The number of rotatable bonds is 6. The van der Waals surface area contributed by atoms with Crippen molar-refractivity contribution in [2.24, 2.45) is 0 Å². The van der Waals surface area contributed by atoms with Gasteiger partial charge in [0.05, 0.1) is 6.04 Å². The summed E-state index contributed by atoms with van der Waals surface area (Å²) in [6.07, 6.45) is 0.249. The molecule has 5 heteroatoms. The molecule has 0 saturated heterocycles. The lowest BCUT2D eigenvalue weighted by molar-refractivity contribution is -0.137. The van der Waals surface area contributed by atoms with Crippen LogP contribution in [0.5, 0.6) is 5.75 Å². The van der Waals surface area contributed by atoms with E-state index in [1.165, 1.54) is 11.1 Å². The van der Waals surface area contributed by atoms with Crippen molar-refractivity contribution < 1.29 is 14.3 Å². The Kier molecular flexibility index (Phi) is 6.80. The highest BCUT2D eigenvalue weighted by Crippen LogP contribution is 2.37. The van der Waals surface area contributed by atoms with Crippen LogP contribution in [0.25, 0.3) is 0 Å². The van der Waals surface area contributed by atoms with Gasteiger partial charge in [0.1, 0.15) is 5.75 Å². The molecule has 2 amide bonds. The van der Waals surface area contributed by atoms with Crippen LogP contribution >= 0.6 is 0 Å². The van der Waals surface area contributed by atoms with Gasteiger partial charge in [0, 0.05) is 26.6 Å². The van der Waals surface area contributed by atoms with Crippen LogP contribution in [-0.2, 0) is 16.0 Å². The van der Waals surface area contributed by atoms with Gasteiger partial charge in [-0.05, 0) is 62.9 Å². The molecule has 2 unspecified atom stereocenters. The van der Waals surface area contributed by atoms with E-state index >= 15 is 0 Å². The first-order chi connectivity index (χ1) is 14.3. The zero-order valence-electron chi connectivity index (χ0n) is 18.6. The van der Waals surface area contributed by atoms with Crippen molar-refractivity contribution in [3.63, 3.8) is 0 Å². The first-order valence-corrected chi connectivity index (χ1v) is 10.8. The van der Waals surface area contributed by atoms with E-state index in [2.05, 4.69) is 37.3 Å². The molecule has 2 atom stereocenters. The summed E-state index contributed by atoms with van der Waals surface area (Å²) in [6.45, 7) is 11.4. The highest BCUT2D eigenvalue weighted by molar-refractivity contribution is 5.81. The van der Waals surface area contributed by atoms with Crippen molar-refractivity contribution in [1.29, 1.82) is 0 Å². The summed E-state index contributed by atoms with van der Waals surface area (Å²) in [7, 11) is 0. The van der Waals surface area contributed by atoms with Crippen LogP contribution in [0.15, 0.2) is 42.5 Å². The Morgan fingerprint density at radius 1 is 1.13 bits per heavy atom. The largest absolute Gasteiger partial charge is 0.481 e. The Morgan fingerprint density at radius 3 is 2.40 bits per heavy atom. The molecule has 160 valence electrons. The number of carbonyl (C=O) groups is 2. The maximum atomic E-state index is 12.6. The molecule has 3 rings (SSSR count). The van der Waals surface area contributed by atoms with E-state index < -0.39 is 6.10 Å². The second-order valence-corrected chi connectivity index (χ2v) is 7.91. The van der Waals surface area contributed by atoms with Crippen molar-refractivity contribution in [2.45, 2.75) is 53.2 Å². The molecule has 0 aliphatic carbocycles. The number of aryl methyl sites for hydroxylation is 1.